The van der Waals surface area contributed by atoms with Gasteiger partial charge in [-0.05, 0) is 0 Å². The second kappa shape index (κ2) is 5.23. The largest absolute Gasteiger partial charge is 2.00 e. The molecule has 0 amide bonds. The molecular weight excluding hydrogens is 339 g/mol. The molecule has 6 nitrogen and oxygen atoms in total. The third kappa shape index (κ3) is 4.08. The van der Waals surface area contributed by atoms with Gasteiger partial charge in [-0.2, -0.15) is 0 Å². The molecule has 0 bridgehead atoms. The number of rotatable bonds is 3. The first kappa shape index (κ1) is 13.2. The Kier molecular flexibility index (Phi) is 6.26. The molecular formula is C4H4O6Pt. The normalized spacial score (nSPS) is 14.4. The summed E-state index contributed by atoms with van der Waals surface area (Å²) in [7, 11) is 0. The second-order valence-electron chi connectivity index (χ2n) is 1.53. The Hall–Kier alpha value is -0.452. The van der Waals surface area contributed by atoms with Gasteiger partial charge in [-0.1, -0.05) is 0 Å². The van der Waals surface area contributed by atoms with Crippen molar-refractivity contribution in [1.82, 2.24) is 0 Å². The Balaban J connectivity index is 0. The molecule has 2 atom stereocenters. The first-order chi connectivity index (χ1) is 4.46. The standard InChI is InChI=1S/C4H6O6.Pt/c5-1(3(7)8)2(6)4(9)10;/h1-2,5-6H,(H,7,8)(H,9,10);/q;+2/p-2/t1-,2-;/m1./s1. The summed E-state index contributed by atoms with van der Waals surface area (Å²) in [6, 6.07) is 0. The first-order valence-corrected chi connectivity index (χ1v) is 2.24. The van der Waals surface area contributed by atoms with Crippen molar-refractivity contribution in [3.05, 3.63) is 0 Å². The molecule has 66 valence electrons. The van der Waals surface area contributed by atoms with Crippen LogP contribution >= 0.6 is 0 Å². The molecule has 0 aromatic heterocycles. The molecule has 2 N–H and O–H groups in total. The molecule has 0 aromatic carbocycles. The maximum Gasteiger partial charge on any atom is 2.00 e. The van der Waals surface area contributed by atoms with Crippen molar-refractivity contribution in [2.45, 2.75) is 12.2 Å². The van der Waals surface area contributed by atoms with Crippen LogP contribution in [0.1, 0.15) is 0 Å². The van der Waals surface area contributed by atoms with Crippen LogP contribution in [0.3, 0.4) is 0 Å². The van der Waals surface area contributed by atoms with E-state index in [-0.39, 0.29) is 21.1 Å². The zero-order valence-corrected chi connectivity index (χ0v) is 7.27. The Labute approximate surface area is 75.7 Å². The SMILES string of the molecule is O=C([O-])[C@H](O)[C@@H](O)C(=O)[O-].[Pt+2]. The third-order valence-electron chi connectivity index (χ3n) is 0.782. The van der Waals surface area contributed by atoms with Gasteiger partial charge in [-0.25, -0.2) is 0 Å². The first-order valence-electron chi connectivity index (χ1n) is 2.24. The second-order valence-corrected chi connectivity index (χ2v) is 1.53. The zero-order valence-electron chi connectivity index (χ0n) is 5.00. The van der Waals surface area contributed by atoms with E-state index in [4.69, 9.17) is 10.2 Å². The van der Waals surface area contributed by atoms with Crippen molar-refractivity contribution in [3.63, 3.8) is 0 Å². The molecule has 0 aliphatic heterocycles. The minimum atomic E-state index is -2.44. The van der Waals surface area contributed by atoms with E-state index in [1.165, 1.54) is 0 Å². The molecule has 0 heterocycles. The number of aliphatic hydroxyl groups excluding tert-OH is 2. The molecule has 0 radical (unpaired) electrons. The van der Waals surface area contributed by atoms with E-state index in [9.17, 15) is 19.8 Å². The van der Waals surface area contributed by atoms with Gasteiger partial charge in [-0.3, -0.25) is 0 Å². The van der Waals surface area contributed by atoms with Crippen molar-refractivity contribution in [2.24, 2.45) is 0 Å². The molecule has 0 spiro atoms. The van der Waals surface area contributed by atoms with E-state index >= 15 is 0 Å². The van der Waals surface area contributed by atoms with Crippen molar-refractivity contribution in [3.8, 4) is 0 Å². The van der Waals surface area contributed by atoms with E-state index in [0.717, 1.165) is 0 Å². The average molecular weight is 343 g/mol. The number of carboxylic acids is 2. The van der Waals surface area contributed by atoms with Gasteiger partial charge >= 0.3 is 21.1 Å². The van der Waals surface area contributed by atoms with E-state index in [1.54, 1.807) is 0 Å². The smallest absolute Gasteiger partial charge is 0.547 e. The van der Waals surface area contributed by atoms with Crippen LogP contribution in [0.5, 0.6) is 0 Å². The van der Waals surface area contributed by atoms with Crippen LogP contribution in [0.2, 0.25) is 0 Å². The average Bonchev–Trinajstić information content (AvgIpc) is 1.84. The van der Waals surface area contributed by atoms with Crippen LogP contribution in [0.25, 0.3) is 0 Å². The maximum atomic E-state index is 9.63. The minimum Gasteiger partial charge on any atom is -0.547 e. The zero-order chi connectivity index (χ0) is 8.31. The van der Waals surface area contributed by atoms with Gasteiger partial charge in [0.15, 0.2) is 0 Å². The van der Waals surface area contributed by atoms with Crippen molar-refractivity contribution in [2.75, 3.05) is 0 Å². The van der Waals surface area contributed by atoms with Crippen LogP contribution < -0.4 is 10.2 Å². The van der Waals surface area contributed by atoms with E-state index in [0.29, 0.717) is 0 Å². The van der Waals surface area contributed by atoms with E-state index in [2.05, 4.69) is 0 Å². The minimum absolute atomic E-state index is 0. The van der Waals surface area contributed by atoms with Gasteiger partial charge in [0, 0.05) is 0 Å². The van der Waals surface area contributed by atoms with Crippen LogP contribution in [-0.4, -0.2) is 34.4 Å². The number of carbonyl (C=O) groups is 2. The fourth-order valence-corrected chi connectivity index (χ4v) is 0.258. The topological polar surface area (TPSA) is 121 Å². The number of carbonyl (C=O) groups excluding carboxylic acids is 2. The predicted molar refractivity (Wildman–Crippen MR) is 22.0 cm³/mol. The Morgan fingerprint density at radius 2 is 1.18 bits per heavy atom. The van der Waals surface area contributed by atoms with Gasteiger partial charge < -0.3 is 30.0 Å². The number of aliphatic hydroxyl groups is 2. The molecule has 0 saturated heterocycles. The molecule has 0 aliphatic carbocycles. The van der Waals surface area contributed by atoms with E-state index in [1.807, 2.05) is 0 Å². The van der Waals surface area contributed by atoms with Crippen LogP contribution in [0.15, 0.2) is 0 Å². The Morgan fingerprint density at radius 1 is 1.00 bits per heavy atom. The summed E-state index contributed by atoms with van der Waals surface area (Å²) in [5.41, 5.74) is 0. The quantitative estimate of drug-likeness (QED) is 0.531. The summed E-state index contributed by atoms with van der Waals surface area (Å²) in [6.07, 6.45) is -4.88. The maximum absolute atomic E-state index is 9.63. The number of carboxylic acid groups (broad SMARTS) is 2. The predicted octanol–water partition coefficient (Wildman–Crippen LogP) is -4.79. The van der Waals surface area contributed by atoms with Crippen molar-refractivity contribution in [1.29, 1.82) is 0 Å². The Bertz CT molecular complexity index is 139. The fraction of sp³-hybridized carbons (Fsp3) is 0.500. The molecule has 0 aliphatic rings. The van der Waals surface area contributed by atoms with Gasteiger partial charge in [0.05, 0.1) is 11.9 Å². The summed E-state index contributed by atoms with van der Waals surface area (Å²) < 4.78 is 0. The number of hydrogen-bond acceptors (Lipinski definition) is 6. The van der Waals surface area contributed by atoms with E-state index < -0.39 is 24.1 Å². The molecule has 11 heavy (non-hydrogen) atoms. The molecule has 7 heteroatoms. The molecule has 0 rings (SSSR count). The summed E-state index contributed by atoms with van der Waals surface area (Å²) in [6.45, 7) is 0. The molecule has 0 aromatic rings. The van der Waals surface area contributed by atoms with Crippen LogP contribution in [0.4, 0.5) is 0 Å². The Morgan fingerprint density at radius 3 is 1.27 bits per heavy atom. The van der Waals surface area contributed by atoms with Crippen LogP contribution in [-0.2, 0) is 30.7 Å². The summed E-state index contributed by atoms with van der Waals surface area (Å²) in [5.74, 6) is -4.12. The molecule has 0 unspecified atom stereocenters. The van der Waals surface area contributed by atoms with Gasteiger partial charge in [-0.15, -0.1) is 0 Å². The number of aliphatic carboxylic acids is 2. The molecule has 0 fully saturated rings. The van der Waals surface area contributed by atoms with Crippen molar-refractivity contribution < 1.29 is 51.1 Å². The summed E-state index contributed by atoms with van der Waals surface area (Å²) in [5, 5.41) is 35.7. The third-order valence-corrected chi connectivity index (χ3v) is 0.782. The van der Waals surface area contributed by atoms with Gasteiger partial charge in [0.25, 0.3) is 0 Å². The summed E-state index contributed by atoms with van der Waals surface area (Å²) in [4.78, 5) is 19.3. The van der Waals surface area contributed by atoms with Crippen LogP contribution in [0, 0.1) is 0 Å². The summed E-state index contributed by atoms with van der Waals surface area (Å²) >= 11 is 0. The van der Waals surface area contributed by atoms with Gasteiger partial charge in [0.1, 0.15) is 12.2 Å². The van der Waals surface area contributed by atoms with Crippen molar-refractivity contribution >= 4 is 11.9 Å². The molecule has 0 saturated carbocycles. The fourth-order valence-electron chi connectivity index (χ4n) is 0.258. The van der Waals surface area contributed by atoms with Gasteiger partial charge in [0.2, 0.25) is 0 Å². The monoisotopic (exact) mass is 343 g/mol. The number of hydrogen-bond donors (Lipinski definition) is 2.